The molecule has 10 heteroatoms. The largest absolute Gasteiger partial charge is 0.323 e. The van der Waals surface area contributed by atoms with E-state index in [9.17, 15) is 14.4 Å². The number of imide groups is 1. The van der Waals surface area contributed by atoms with Gasteiger partial charge >= 0.3 is 0 Å². The number of hydrogen-bond acceptors (Lipinski definition) is 4. The predicted octanol–water partition coefficient (Wildman–Crippen LogP) is 4.73. The van der Waals surface area contributed by atoms with Crippen LogP contribution in [0.2, 0.25) is 20.1 Å². The molecule has 2 aromatic carbocycles. The van der Waals surface area contributed by atoms with E-state index in [1.54, 1.807) is 12.1 Å². The van der Waals surface area contributed by atoms with Gasteiger partial charge in [0.25, 0.3) is 5.91 Å². The Morgan fingerprint density at radius 1 is 0.906 bits per heavy atom. The number of halogens is 4. The van der Waals surface area contributed by atoms with Crippen molar-refractivity contribution in [3.63, 3.8) is 0 Å². The Balaban J connectivity index is 1.58. The quantitative estimate of drug-likeness (QED) is 0.563. The maximum absolute atomic E-state index is 13.9. The molecule has 6 rings (SSSR count). The molecule has 32 heavy (non-hydrogen) atoms. The van der Waals surface area contributed by atoms with Crippen LogP contribution in [0.5, 0.6) is 0 Å². The minimum atomic E-state index is -1.35. The number of amides is 3. The minimum Gasteiger partial charge on any atom is -0.323 e. The van der Waals surface area contributed by atoms with Gasteiger partial charge in [-0.15, -0.1) is 0 Å². The van der Waals surface area contributed by atoms with Crippen LogP contribution in [0.3, 0.4) is 0 Å². The summed E-state index contributed by atoms with van der Waals surface area (Å²) in [6.45, 7) is 0.595. The van der Waals surface area contributed by atoms with Gasteiger partial charge in [0, 0.05) is 26.7 Å². The Hall–Kier alpha value is -1.83. The summed E-state index contributed by atoms with van der Waals surface area (Å²) >= 11 is 25.0. The zero-order chi connectivity index (χ0) is 22.5. The lowest BCUT2D eigenvalue weighted by Crippen LogP contribution is -2.54. The maximum Gasteiger partial charge on any atom is 0.250 e. The lowest BCUT2D eigenvalue weighted by molar-refractivity contribution is -0.135. The average Bonchev–Trinajstić information content (AvgIpc) is 3.40. The summed E-state index contributed by atoms with van der Waals surface area (Å²) < 4.78 is 0. The number of benzene rings is 2. The smallest absolute Gasteiger partial charge is 0.250 e. The van der Waals surface area contributed by atoms with E-state index in [1.807, 2.05) is 4.90 Å². The highest BCUT2D eigenvalue weighted by Gasteiger charge is 2.74. The van der Waals surface area contributed by atoms with Crippen molar-refractivity contribution in [2.45, 2.75) is 24.4 Å². The molecule has 2 aromatic rings. The molecule has 164 valence electrons. The Bertz CT molecular complexity index is 1230. The molecule has 0 radical (unpaired) electrons. The van der Waals surface area contributed by atoms with Gasteiger partial charge in [-0.25, -0.2) is 4.90 Å². The fourth-order valence-electron chi connectivity index (χ4n) is 6.15. The maximum atomic E-state index is 13.9. The molecular weight excluding hydrogens is 496 g/mol. The van der Waals surface area contributed by atoms with Gasteiger partial charge in [-0.2, -0.15) is 0 Å². The van der Waals surface area contributed by atoms with Crippen LogP contribution in [-0.4, -0.2) is 35.2 Å². The first-order valence-electron chi connectivity index (χ1n) is 10.2. The first-order valence-corrected chi connectivity index (χ1v) is 11.7. The van der Waals surface area contributed by atoms with Crippen molar-refractivity contribution in [1.29, 1.82) is 0 Å². The van der Waals surface area contributed by atoms with Crippen molar-refractivity contribution in [2.24, 2.45) is 11.8 Å². The first-order chi connectivity index (χ1) is 15.2. The molecule has 4 heterocycles. The van der Waals surface area contributed by atoms with E-state index < -0.39 is 23.3 Å². The van der Waals surface area contributed by atoms with Crippen LogP contribution < -0.4 is 10.2 Å². The van der Waals surface area contributed by atoms with Crippen LogP contribution in [0.25, 0.3) is 0 Å². The number of fused-ring (bicyclic) bond motifs is 7. The Morgan fingerprint density at radius 3 is 2.31 bits per heavy atom. The zero-order valence-electron chi connectivity index (χ0n) is 16.4. The summed E-state index contributed by atoms with van der Waals surface area (Å²) in [6.07, 6.45) is 1.53. The number of anilines is 2. The van der Waals surface area contributed by atoms with E-state index in [0.29, 0.717) is 50.0 Å². The standard InChI is InChI=1S/C22H15Cl4N3O3/c23-9-4-10(24)6-12(5-9)29-19(30)16-15-2-1-3-28(15)22(17(16)20(29)31)13-7-11(25)8-14(26)18(13)27-21(22)32/h4-8,15-17H,1-3H2,(H,27,32)/t15?,16-,17+,22-/m1/s1. The van der Waals surface area contributed by atoms with Crippen molar-refractivity contribution in [1.82, 2.24) is 4.90 Å². The number of nitrogens with zero attached hydrogens (tertiary/aromatic N) is 2. The van der Waals surface area contributed by atoms with Crippen molar-refractivity contribution in [3.8, 4) is 0 Å². The monoisotopic (exact) mass is 509 g/mol. The highest BCUT2D eigenvalue weighted by Crippen LogP contribution is 2.61. The second-order valence-corrected chi connectivity index (χ2v) is 10.3. The summed E-state index contributed by atoms with van der Waals surface area (Å²) in [5.74, 6) is -2.73. The summed E-state index contributed by atoms with van der Waals surface area (Å²) in [6, 6.07) is 7.57. The molecule has 0 aliphatic carbocycles. The van der Waals surface area contributed by atoms with E-state index in [4.69, 9.17) is 46.4 Å². The second-order valence-electron chi connectivity index (χ2n) is 8.58. The fourth-order valence-corrected chi connectivity index (χ4v) is 7.20. The summed E-state index contributed by atoms with van der Waals surface area (Å²) in [5, 5.41) is 4.14. The van der Waals surface area contributed by atoms with Crippen LogP contribution in [0.15, 0.2) is 30.3 Å². The molecule has 3 amide bonds. The van der Waals surface area contributed by atoms with E-state index in [1.165, 1.54) is 18.2 Å². The molecule has 4 atom stereocenters. The highest BCUT2D eigenvalue weighted by atomic mass is 35.5. The molecule has 0 bridgehead atoms. The number of hydrogen-bond donors (Lipinski definition) is 1. The molecule has 1 N–H and O–H groups in total. The average molecular weight is 511 g/mol. The second kappa shape index (κ2) is 6.84. The third-order valence-corrected chi connectivity index (χ3v) is 8.08. The minimum absolute atomic E-state index is 0.245. The summed E-state index contributed by atoms with van der Waals surface area (Å²) in [4.78, 5) is 44.3. The van der Waals surface area contributed by atoms with Crippen molar-refractivity contribution >= 4 is 75.5 Å². The van der Waals surface area contributed by atoms with Gasteiger partial charge in [-0.1, -0.05) is 46.4 Å². The van der Waals surface area contributed by atoms with Gasteiger partial charge in [0.05, 0.1) is 28.2 Å². The normalized spacial score (nSPS) is 30.8. The number of nitrogens with one attached hydrogen (secondary N) is 1. The topological polar surface area (TPSA) is 69.7 Å². The molecular formula is C22H15Cl4N3O3. The third kappa shape index (κ3) is 2.45. The molecule has 0 saturated carbocycles. The zero-order valence-corrected chi connectivity index (χ0v) is 19.4. The van der Waals surface area contributed by atoms with Crippen molar-refractivity contribution in [2.75, 3.05) is 16.8 Å². The van der Waals surface area contributed by atoms with Crippen LogP contribution in [0.4, 0.5) is 11.4 Å². The summed E-state index contributed by atoms with van der Waals surface area (Å²) in [7, 11) is 0. The van der Waals surface area contributed by atoms with Gasteiger partial charge in [0.2, 0.25) is 11.8 Å². The van der Waals surface area contributed by atoms with Gasteiger partial charge in [0.15, 0.2) is 0 Å². The lowest BCUT2D eigenvalue weighted by atomic mass is 9.75. The van der Waals surface area contributed by atoms with Crippen LogP contribution in [0.1, 0.15) is 18.4 Å². The summed E-state index contributed by atoms with van der Waals surface area (Å²) in [5.41, 5.74) is -0.0581. The number of carbonyl (C=O) groups excluding carboxylic acids is 3. The van der Waals surface area contributed by atoms with E-state index >= 15 is 0 Å². The van der Waals surface area contributed by atoms with Crippen molar-refractivity contribution < 1.29 is 14.4 Å². The SMILES string of the molecule is O=C1[C@@H]2C3CCCN3[C@@]3(C(=O)Nc4c(Cl)cc(Cl)cc43)[C@@H]2C(=O)N1c1cc(Cl)cc(Cl)c1. The number of carbonyl (C=O) groups is 3. The van der Waals surface area contributed by atoms with Crippen molar-refractivity contribution in [3.05, 3.63) is 56.0 Å². The fraction of sp³-hybridized carbons (Fsp3) is 0.318. The molecule has 6 nitrogen and oxygen atoms in total. The molecule has 3 fully saturated rings. The Morgan fingerprint density at radius 2 is 1.59 bits per heavy atom. The number of rotatable bonds is 1. The van der Waals surface area contributed by atoms with E-state index in [2.05, 4.69) is 5.32 Å². The molecule has 1 spiro atoms. The molecule has 3 saturated heterocycles. The highest BCUT2D eigenvalue weighted by molar-refractivity contribution is 6.38. The predicted molar refractivity (Wildman–Crippen MR) is 122 cm³/mol. The molecule has 4 aliphatic rings. The molecule has 4 aliphatic heterocycles. The van der Waals surface area contributed by atoms with Crippen LogP contribution >= 0.6 is 46.4 Å². The Labute approximate surface area is 203 Å². The lowest BCUT2D eigenvalue weighted by Gasteiger charge is -2.36. The van der Waals surface area contributed by atoms with Gasteiger partial charge in [0.1, 0.15) is 5.54 Å². The molecule has 1 unspecified atom stereocenters. The van der Waals surface area contributed by atoms with E-state index in [0.717, 1.165) is 11.3 Å². The molecule has 0 aromatic heterocycles. The Kier molecular flexibility index (Phi) is 4.44. The van der Waals surface area contributed by atoms with Gasteiger partial charge in [-0.3, -0.25) is 19.3 Å². The van der Waals surface area contributed by atoms with Gasteiger partial charge < -0.3 is 5.32 Å². The first kappa shape index (κ1) is 20.8. The van der Waals surface area contributed by atoms with E-state index in [-0.39, 0.29) is 17.9 Å². The van der Waals surface area contributed by atoms with Crippen LogP contribution in [0, 0.1) is 11.8 Å². The van der Waals surface area contributed by atoms with Gasteiger partial charge in [-0.05, 0) is 49.7 Å². The third-order valence-electron chi connectivity index (χ3n) is 7.12. The van der Waals surface area contributed by atoms with Crippen LogP contribution in [-0.2, 0) is 19.9 Å².